The Labute approximate surface area is 214 Å². The lowest BCUT2D eigenvalue weighted by Gasteiger charge is -2.26. The fourth-order valence-corrected chi connectivity index (χ4v) is 5.28. The molecule has 2 N–H and O–H groups in total. The van der Waals surface area contributed by atoms with E-state index >= 15 is 0 Å². The molecule has 10 heteroatoms. The average Bonchev–Trinajstić information content (AvgIpc) is 3.16. The van der Waals surface area contributed by atoms with Gasteiger partial charge in [0.1, 0.15) is 10.5 Å². The largest absolute Gasteiger partial charge is 0.466 e. The Morgan fingerprint density at radius 3 is 2.20 bits per heavy atom. The number of rotatable bonds is 5. The molecule has 2 aromatic carbocycles. The molecule has 0 saturated carbocycles. The van der Waals surface area contributed by atoms with Crippen molar-refractivity contribution >= 4 is 63.9 Å². The van der Waals surface area contributed by atoms with Gasteiger partial charge in [0, 0.05) is 10.0 Å². The predicted molar refractivity (Wildman–Crippen MR) is 137 cm³/mol. The van der Waals surface area contributed by atoms with Crippen molar-refractivity contribution in [1.82, 2.24) is 4.57 Å². The molecular formula is C25H20Cl2N2O5S. The van der Waals surface area contributed by atoms with Gasteiger partial charge in [0.15, 0.2) is 0 Å². The van der Waals surface area contributed by atoms with Crippen LogP contribution in [0.2, 0.25) is 10.0 Å². The smallest absolute Gasteiger partial charge is 0.338 e. The molecule has 0 bridgehead atoms. The van der Waals surface area contributed by atoms with Gasteiger partial charge in [0.25, 0.3) is 5.56 Å². The molecule has 2 heterocycles. The summed E-state index contributed by atoms with van der Waals surface area (Å²) in [6.45, 7) is 1.73. The summed E-state index contributed by atoms with van der Waals surface area (Å²) in [4.78, 5) is 39.6. The second-order valence-electron chi connectivity index (χ2n) is 7.52. The number of aromatic nitrogens is 1. The summed E-state index contributed by atoms with van der Waals surface area (Å²) in [5.41, 5.74) is 7.33. The maximum Gasteiger partial charge on any atom is 0.338 e. The zero-order chi connectivity index (χ0) is 25.3. The number of fused-ring (bicyclic) bond motifs is 1. The second kappa shape index (κ2) is 10.1. The van der Waals surface area contributed by atoms with Crippen LogP contribution in [0.1, 0.15) is 24.0 Å². The minimum absolute atomic E-state index is 0.0278. The summed E-state index contributed by atoms with van der Waals surface area (Å²) in [6, 6.07) is 13.6. The minimum atomic E-state index is -0.930. The van der Waals surface area contributed by atoms with Crippen molar-refractivity contribution in [3.05, 3.63) is 94.8 Å². The highest BCUT2D eigenvalue weighted by Crippen LogP contribution is 2.38. The van der Waals surface area contributed by atoms with E-state index in [-0.39, 0.29) is 28.2 Å². The monoisotopic (exact) mass is 530 g/mol. The van der Waals surface area contributed by atoms with Crippen LogP contribution in [-0.2, 0) is 19.1 Å². The maximum absolute atomic E-state index is 13.4. The van der Waals surface area contributed by atoms with Gasteiger partial charge in [-0.3, -0.25) is 9.36 Å². The third-order valence-electron chi connectivity index (χ3n) is 5.42. The maximum atomic E-state index is 13.4. The Balaban J connectivity index is 2.10. The molecule has 1 aliphatic rings. The van der Waals surface area contributed by atoms with Crippen LogP contribution in [0, 0.1) is 0 Å². The molecule has 1 atom stereocenters. The molecule has 0 saturated heterocycles. The minimum Gasteiger partial charge on any atom is -0.466 e. The van der Waals surface area contributed by atoms with E-state index in [1.165, 1.54) is 7.11 Å². The molecule has 1 aromatic heterocycles. The molecule has 0 spiro atoms. The van der Waals surface area contributed by atoms with Crippen LogP contribution in [0.3, 0.4) is 0 Å². The molecule has 0 radical (unpaired) electrons. The molecule has 0 unspecified atom stereocenters. The van der Waals surface area contributed by atoms with Gasteiger partial charge in [-0.1, -0.05) is 47.5 Å². The molecule has 35 heavy (non-hydrogen) atoms. The zero-order valence-electron chi connectivity index (χ0n) is 18.7. The van der Waals surface area contributed by atoms with Crippen molar-refractivity contribution in [2.45, 2.75) is 12.8 Å². The van der Waals surface area contributed by atoms with E-state index in [9.17, 15) is 14.4 Å². The number of benzene rings is 2. The third-order valence-corrected chi connectivity index (χ3v) is 7.03. The molecule has 0 amide bonds. The Morgan fingerprint density at radius 1 is 1.03 bits per heavy atom. The summed E-state index contributed by atoms with van der Waals surface area (Å²) in [7, 11) is 1.23. The number of carbonyl (C=O) groups is 2. The van der Waals surface area contributed by atoms with Crippen LogP contribution < -0.4 is 20.5 Å². The molecule has 1 aliphatic heterocycles. The highest BCUT2D eigenvalue weighted by atomic mass is 35.5. The molecule has 3 aromatic rings. The predicted octanol–water partition coefficient (Wildman–Crippen LogP) is 2.86. The number of esters is 2. The molecule has 0 aliphatic carbocycles. The number of carbonyl (C=O) groups excluding carboxylic acids is 2. The Bertz CT molecular complexity index is 1520. The summed E-state index contributed by atoms with van der Waals surface area (Å²) in [6.07, 6.45) is 1.66. The van der Waals surface area contributed by atoms with E-state index in [0.717, 1.165) is 21.5 Å². The van der Waals surface area contributed by atoms with Gasteiger partial charge in [-0.15, -0.1) is 11.3 Å². The van der Waals surface area contributed by atoms with Gasteiger partial charge in [-0.05, 0) is 48.4 Å². The number of hydrogen-bond donors (Lipinski definition) is 1. The van der Waals surface area contributed by atoms with E-state index in [0.29, 0.717) is 20.1 Å². The molecular weight excluding hydrogens is 511 g/mol. The normalized spacial score (nSPS) is 15.7. The van der Waals surface area contributed by atoms with Crippen LogP contribution in [-0.4, -0.2) is 30.2 Å². The van der Waals surface area contributed by atoms with E-state index in [4.69, 9.17) is 38.4 Å². The Hall–Kier alpha value is -3.33. The highest BCUT2D eigenvalue weighted by molar-refractivity contribution is 7.07. The van der Waals surface area contributed by atoms with Crippen LogP contribution >= 0.6 is 34.5 Å². The first-order chi connectivity index (χ1) is 16.8. The van der Waals surface area contributed by atoms with Crippen LogP contribution in [0.15, 0.2) is 58.9 Å². The first-order valence-electron chi connectivity index (χ1n) is 10.5. The van der Waals surface area contributed by atoms with Crippen LogP contribution in [0.25, 0.3) is 17.5 Å². The third kappa shape index (κ3) is 4.65. The van der Waals surface area contributed by atoms with Crippen LogP contribution in [0.5, 0.6) is 0 Å². The topological polar surface area (TPSA) is 101 Å². The van der Waals surface area contributed by atoms with Gasteiger partial charge < -0.3 is 15.2 Å². The number of methoxy groups -OCH3 is 1. The van der Waals surface area contributed by atoms with Crippen molar-refractivity contribution in [2.75, 3.05) is 13.7 Å². The number of hydrogen-bond acceptors (Lipinski definition) is 7. The molecule has 4 rings (SSSR count). The van der Waals surface area contributed by atoms with E-state index in [1.54, 1.807) is 61.5 Å². The van der Waals surface area contributed by atoms with Gasteiger partial charge >= 0.3 is 11.9 Å². The SMILES string of the molecule is CCOC(=O)C1=C(N)n2c(s/c(=C\c3ccc(Cl)cc3)c2=O)=C(C(=O)OC)[C@H]1c1ccc(Cl)cc1. The first-order valence-corrected chi connectivity index (χ1v) is 12.1. The standard InChI is InChI=1S/C25H20Cl2N2O5S/c1-3-34-25(32)19-18(14-6-10-16(27)11-7-14)20(24(31)33-2)23-29(21(19)28)22(30)17(35-23)12-13-4-8-15(26)9-5-13/h4-12,18H,3,28H2,1-2H3/b17-12-/t18-/m0/s1. The van der Waals surface area contributed by atoms with Gasteiger partial charge in [0.2, 0.25) is 0 Å². The number of halogens is 2. The highest BCUT2D eigenvalue weighted by Gasteiger charge is 2.39. The van der Waals surface area contributed by atoms with Crippen molar-refractivity contribution < 1.29 is 19.1 Å². The van der Waals surface area contributed by atoms with Crippen molar-refractivity contribution in [3.8, 4) is 0 Å². The summed E-state index contributed by atoms with van der Waals surface area (Å²) in [5, 5.41) is 1.04. The van der Waals surface area contributed by atoms with E-state index in [2.05, 4.69) is 0 Å². The number of ether oxygens (including phenoxy) is 2. The average molecular weight is 531 g/mol. The molecule has 180 valence electrons. The lowest BCUT2D eigenvalue weighted by molar-refractivity contribution is -0.138. The van der Waals surface area contributed by atoms with Crippen LogP contribution in [0.4, 0.5) is 0 Å². The summed E-state index contributed by atoms with van der Waals surface area (Å²) < 4.78 is 12.1. The fraction of sp³-hybridized carbons (Fsp3) is 0.160. The van der Waals surface area contributed by atoms with Crippen molar-refractivity contribution in [3.63, 3.8) is 0 Å². The van der Waals surface area contributed by atoms with E-state index in [1.807, 2.05) is 0 Å². The first kappa shape index (κ1) is 24.8. The quantitative estimate of drug-likeness (QED) is 0.509. The lowest BCUT2D eigenvalue weighted by atomic mass is 9.83. The molecule has 0 fully saturated rings. The van der Waals surface area contributed by atoms with Gasteiger partial charge in [0.05, 0.1) is 35.3 Å². The number of nitrogens with zero attached hydrogens (tertiary/aromatic N) is 1. The Morgan fingerprint density at radius 2 is 1.63 bits per heavy atom. The number of nitrogens with two attached hydrogens (primary N) is 1. The number of thiazole rings is 1. The van der Waals surface area contributed by atoms with E-state index < -0.39 is 23.4 Å². The van der Waals surface area contributed by atoms with Crippen molar-refractivity contribution in [2.24, 2.45) is 5.73 Å². The zero-order valence-corrected chi connectivity index (χ0v) is 21.0. The second-order valence-corrected chi connectivity index (χ2v) is 9.42. The van der Waals surface area contributed by atoms with Gasteiger partial charge in [-0.2, -0.15) is 0 Å². The van der Waals surface area contributed by atoms with Gasteiger partial charge in [-0.25, -0.2) is 9.59 Å². The fourth-order valence-electron chi connectivity index (χ4n) is 3.86. The summed E-state index contributed by atoms with van der Waals surface area (Å²) >= 11 is 13.1. The van der Waals surface area contributed by atoms with Crippen molar-refractivity contribution in [1.29, 1.82) is 0 Å². The Kier molecular flexibility index (Phi) is 7.16. The molecule has 7 nitrogen and oxygen atoms in total. The summed E-state index contributed by atoms with van der Waals surface area (Å²) in [5.74, 6) is -2.48. The lowest BCUT2D eigenvalue weighted by Crippen LogP contribution is -2.41.